The van der Waals surface area contributed by atoms with E-state index in [4.69, 9.17) is 19.3 Å². The summed E-state index contributed by atoms with van der Waals surface area (Å²) in [5.41, 5.74) is 0. The topological polar surface area (TPSA) is 119 Å². The number of esters is 2. The Morgan fingerprint density at radius 1 is 0.524 bits per heavy atom. The molecule has 1 atom stereocenters. The summed E-state index contributed by atoms with van der Waals surface area (Å²) in [4.78, 5) is 42.4. The van der Waals surface area contributed by atoms with E-state index in [-0.39, 0.29) is 19.4 Å². The summed E-state index contributed by atoms with van der Waals surface area (Å²) in [7, 11) is -4.73. The normalized spacial score (nSPS) is 12.4. The Labute approximate surface area is 257 Å². The molecule has 8 nitrogen and oxygen atoms in total. The third kappa shape index (κ3) is 32.0. The van der Waals surface area contributed by atoms with E-state index in [0.717, 1.165) is 38.5 Å². The van der Waals surface area contributed by atoms with Gasteiger partial charge in [-0.05, 0) is 12.8 Å². The second-order valence-electron chi connectivity index (χ2n) is 11.9. The van der Waals surface area contributed by atoms with E-state index in [9.17, 15) is 14.2 Å². The highest BCUT2D eigenvalue weighted by molar-refractivity contribution is 7.46. The van der Waals surface area contributed by atoms with Gasteiger partial charge in [0.2, 0.25) is 0 Å². The number of hydrogen-bond donors (Lipinski definition) is 2. The molecule has 0 aromatic rings. The van der Waals surface area contributed by atoms with Crippen LogP contribution in [0.15, 0.2) is 0 Å². The maximum Gasteiger partial charge on any atom is 0.469 e. The average molecular weight is 621 g/mol. The number of ether oxygens (including phenoxy) is 2. The molecule has 9 heteroatoms. The van der Waals surface area contributed by atoms with Crippen molar-refractivity contribution >= 4 is 19.8 Å². The first-order valence-corrected chi connectivity index (χ1v) is 18.9. The molecule has 0 bridgehead atoms. The minimum atomic E-state index is -4.73. The molecule has 0 radical (unpaired) electrons. The van der Waals surface area contributed by atoms with E-state index < -0.39 is 32.5 Å². The van der Waals surface area contributed by atoms with Crippen LogP contribution in [0.5, 0.6) is 0 Å². The zero-order valence-electron chi connectivity index (χ0n) is 27.2. The number of phosphoric acid groups is 1. The second kappa shape index (κ2) is 30.1. The highest BCUT2D eigenvalue weighted by Crippen LogP contribution is 2.36. The molecule has 0 heterocycles. The van der Waals surface area contributed by atoms with Crippen LogP contribution in [-0.2, 0) is 28.2 Å². The molecule has 42 heavy (non-hydrogen) atoms. The van der Waals surface area contributed by atoms with Gasteiger partial charge in [-0.1, -0.05) is 155 Å². The predicted molar refractivity (Wildman–Crippen MR) is 170 cm³/mol. The van der Waals surface area contributed by atoms with Crippen molar-refractivity contribution in [3.8, 4) is 0 Å². The third-order valence-electron chi connectivity index (χ3n) is 7.63. The first kappa shape index (κ1) is 41.0. The fourth-order valence-electron chi connectivity index (χ4n) is 5.02. The van der Waals surface area contributed by atoms with Crippen LogP contribution < -0.4 is 0 Å². The van der Waals surface area contributed by atoms with Crippen molar-refractivity contribution in [2.75, 3.05) is 13.2 Å². The third-order valence-corrected chi connectivity index (χ3v) is 8.11. The Morgan fingerprint density at radius 2 is 0.857 bits per heavy atom. The lowest BCUT2D eigenvalue weighted by atomic mass is 10.0. The van der Waals surface area contributed by atoms with Gasteiger partial charge in [-0.15, -0.1) is 0 Å². The van der Waals surface area contributed by atoms with Crippen LogP contribution in [0.25, 0.3) is 0 Å². The molecular weight excluding hydrogens is 555 g/mol. The van der Waals surface area contributed by atoms with Crippen LogP contribution >= 0.6 is 7.82 Å². The Kier molecular flexibility index (Phi) is 29.4. The molecule has 2 N–H and O–H groups in total. The largest absolute Gasteiger partial charge is 0.469 e. The molecule has 0 fully saturated rings. The summed E-state index contributed by atoms with van der Waals surface area (Å²) in [5.74, 6) is -0.878. The summed E-state index contributed by atoms with van der Waals surface area (Å²) in [6, 6.07) is 0. The van der Waals surface area contributed by atoms with E-state index >= 15 is 0 Å². The van der Waals surface area contributed by atoms with Gasteiger partial charge in [-0.3, -0.25) is 14.1 Å². The van der Waals surface area contributed by atoms with Gasteiger partial charge in [0.25, 0.3) is 0 Å². The Morgan fingerprint density at radius 3 is 1.21 bits per heavy atom. The standard InChI is InChI=1S/C33H65O8P/c1-3-5-7-9-11-13-14-15-16-17-18-20-21-23-25-27-32(34)39-29-31(30-40-42(36,37)38)41-33(35)28-26-24-22-19-12-10-8-6-4-2/h31H,3-30H2,1-2H3,(H2,36,37,38)/t31-/m1/s1. The SMILES string of the molecule is CCCCCCCCCCCCCCCCCC(=O)OC[C@H](COP(=O)(O)O)OC(=O)CCCCCCCCCCC. The van der Waals surface area contributed by atoms with Crippen molar-refractivity contribution in [1.82, 2.24) is 0 Å². The molecule has 0 saturated heterocycles. The summed E-state index contributed by atoms with van der Waals surface area (Å²) in [6.07, 6.45) is 28.3. The Balaban J connectivity index is 3.92. The number of phosphoric ester groups is 1. The predicted octanol–water partition coefficient (Wildman–Crippen LogP) is 9.73. The quantitative estimate of drug-likeness (QED) is 0.0433. The highest BCUT2D eigenvalue weighted by Gasteiger charge is 2.22. The smallest absolute Gasteiger partial charge is 0.462 e. The number of rotatable bonds is 32. The van der Waals surface area contributed by atoms with Crippen molar-refractivity contribution in [2.45, 2.75) is 187 Å². The van der Waals surface area contributed by atoms with Gasteiger partial charge in [0, 0.05) is 12.8 Å². The summed E-state index contributed by atoms with van der Waals surface area (Å²) in [5, 5.41) is 0. The van der Waals surface area contributed by atoms with Crippen molar-refractivity contribution in [1.29, 1.82) is 0 Å². The van der Waals surface area contributed by atoms with Crippen molar-refractivity contribution < 1.29 is 37.9 Å². The summed E-state index contributed by atoms with van der Waals surface area (Å²) < 4.78 is 26.2. The van der Waals surface area contributed by atoms with E-state index in [1.165, 1.54) is 109 Å². The monoisotopic (exact) mass is 620 g/mol. The van der Waals surface area contributed by atoms with E-state index in [1.807, 2.05) is 0 Å². The Hall–Kier alpha value is -0.950. The van der Waals surface area contributed by atoms with Crippen LogP contribution in [0.4, 0.5) is 0 Å². The van der Waals surface area contributed by atoms with E-state index in [2.05, 4.69) is 18.4 Å². The molecule has 0 aliphatic heterocycles. The minimum absolute atomic E-state index is 0.218. The molecule has 0 aliphatic carbocycles. The highest BCUT2D eigenvalue weighted by atomic mass is 31.2. The van der Waals surface area contributed by atoms with Crippen molar-refractivity contribution in [2.24, 2.45) is 0 Å². The Bertz CT molecular complexity index is 666. The first-order valence-electron chi connectivity index (χ1n) is 17.3. The molecular formula is C33H65O8P. The lowest BCUT2D eigenvalue weighted by molar-refractivity contribution is -0.161. The lowest BCUT2D eigenvalue weighted by Crippen LogP contribution is -2.29. The molecule has 0 aromatic carbocycles. The molecule has 0 spiro atoms. The molecule has 0 unspecified atom stereocenters. The zero-order chi connectivity index (χ0) is 31.2. The van der Waals surface area contributed by atoms with Gasteiger partial charge >= 0.3 is 19.8 Å². The van der Waals surface area contributed by atoms with Crippen LogP contribution in [-0.4, -0.2) is 41.0 Å². The van der Waals surface area contributed by atoms with Gasteiger partial charge in [-0.25, -0.2) is 4.57 Å². The molecule has 0 aliphatic rings. The fourth-order valence-corrected chi connectivity index (χ4v) is 5.38. The first-order chi connectivity index (χ1) is 20.3. The van der Waals surface area contributed by atoms with Crippen LogP contribution in [0, 0.1) is 0 Å². The van der Waals surface area contributed by atoms with Gasteiger partial charge < -0.3 is 19.3 Å². The van der Waals surface area contributed by atoms with Crippen LogP contribution in [0.2, 0.25) is 0 Å². The molecule has 0 amide bonds. The number of carbonyl (C=O) groups is 2. The zero-order valence-corrected chi connectivity index (χ0v) is 28.1. The van der Waals surface area contributed by atoms with Gasteiger partial charge in [0.1, 0.15) is 6.61 Å². The molecule has 250 valence electrons. The van der Waals surface area contributed by atoms with Gasteiger partial charge in [-0.2, -0.15) is 0 Å². The van der Waals surface area contributed by atoms with Gasteiger partial charge in [0.15, 0.2) is 6.10 Å². The van der Waals surface area contributed by atoms with Crippen molar-refractivity contribution in [3.05, 3.63) is 0 Å². The van der Waals surface area contributed by atoms with Crippen molar-refractivity contribution in [3.63, 3.8) is 0 Å². The lowest BCUT2D eigenvalue weighted by Gasteiger charge is -2.18. The van der Waals surface area contributed by atoms with E-state index in [0.29, 0.717) is 6.42 Å². The van der Waals surface area contributed by atoms with Gasteiger partial charge in [0.05, 0.1) is 6.61 Å². The molecule has 0 rings (SSSR count). The van der Waals surface area contributed by atoms with E-state index in [1.54, 1.807) is 0 Å². The number of unbranched alkanes of at least 4 members (excludes halogenated alkanes) is 22. The summed E-state index contributed by atoms with van der Waals surface area (Å²) in [6.45, 7) is 3.65. The molecule has 0 saturated carbocycles. The fraction of sp³-hybridized carbons (Fsp3) is 0.939. The second-order valence-corrected chi connectivity index (χ2v) is 13.1. The maximum atomic E-state index is 12.2. The minimum Gasteiger partial charge on any atom is -0.462 e. The average Bonchev–Trinajstić information content (AvgIpc) is 2.95. The van der Waals surface area contributed by atoms with Crippen LogP contribution in [0.1, 0.15) is 181 Å². The number of hydrogen-bond acceptors (Lipinski definition) is 6. The summed E-state index contributed by atoms with van der Waals surface area (Å²) >= 11 is 0. The van der Waals surface area contributed by atoms with Crippen LogP contribution in [0.3, 0.4) is 0 Å². The maximum absolute atomic E-state index is 12.2. The molecule has 0 aromatic heterocycles. The number of carbonyl (C=O) groups excluding carboxylic acids is 2.